The molecule has 1 heterocycles. The molecule has 180 valence electrons. The zero-order valence-electron chi connectivity index (χ0n) is 17.3. The van der Waals surface area contributed by atoms with Crippen molar-refractivity contribution < 1.29 is 47.5 Å². The highest BCUT2D eigenvalue weighted by Gasteiger charge is 2.57. The quantitative estimate of drug-likeness (QED) is 0.0854. The fraction of sp³-hybridized carbons (Fsp3) is 0.368. The Morgan fingerprint density at radius 2 is 1.85 bits per heavy atom. The summed E-state index contributed by atoms with van der Waals surface area (Å²) in [5.41, 5.74) is 0.778. The normalized spacial score (nSPS) is 17.6. The van der Waals surface area contributed by atoms with Crippen LogP contribution < -0.4 is 10.8 Å². The van der Waals surface area contributed by atoms with Crippen LogP contribution in [0.25, 0.3) is 0 Å². The number of ether oxygens (including phenoxy) is 1. The predicted molar refractivity (Wildman–Crippen MR) is 117 cm³/mol. The second-order valence-electron chi connectivity index (χ2n) is 6.95. The highest BCUT2D eigenvalue weighted by Crippen LogP contribution is 2.56. The molecule has 0 radical (unpaired) electrons. The summed E-state index contributed by atoms with van der Waals surface area (Å²) in [5.74, 6) is 8.19. The van der Waals surface area contributed by atoms with Crippen LogP contribution in [0, 0.1) is 23.7 Å². The summed E-state index contributed by atoms with van der Waals surface area (Å²) in [5, 5.41) is 11.5. The van der Waals surface area contributed by atoms with Gasteiger partial charge in [-0.15, -0.1) is 0 Å². The van der Waals surface area contributed by atoms with Crippen molar-refractivity contribution >= 4 is 30.2 Å². The van der Waals surface area contributed by atoms with E-state index in [0.29, 0.717) is 5.56 Å². The van der Waals surface area contributed by atoms with E-state index in [-0.39, 0.29) is 30.1 Å². The van der Waals surface area contributed by atoms with Crippen LogP contribution in [0.1, 0.15) is 22.3 Å². The molecule has 7 N–H and O–H groups in total. The molecule has 2 rings (SSSR count). The van der Waals surface area contributed by atoms with Gasteiger partial charge in [0.25, 0.3) is 11.8 Å². The van der Waals surface area contributed by atoms with Crippen LogP contribution in [0.4, 0.5) is 0 Å². The van der Waals surface area contributed by atoms with Gasteiger partial charge in [-0.3, -0.25) is 28.4 Å². The lowest BCUT2D eigenvalue weighted by Crippen LogP contribution is -2.69. The number of carbonyl (C=O) groups is 2. The first-order valence-corrected chi connectivity index (χ1v) is 12.7. The molecule has 1 aromatic carbocycles. The first kappa shape index (κ1) is 26.8. The average molecular weight is 502 g/mol. The molecule has 1 fully saturated rings. The Bertz CT molecular complexity index is 1040. The number of carbonyl (C=O) groups excluding carboxylic acids is 2. The van der Waals surface area contributed by atoms with E-state index >= 15 is 0 Å². The minimum atomic E-state index is -4.51. The number of hydrogen-bond donors (Lipinski definition) is 7. The molecule has 14 heteroatoms. The van der Waals surface area contributed by atoms with Crippen LogP contribution in [0.2, 0.25) is 0 Å². The Balaban J connectivity index is 2.01. The highest BCUT2D eigenvalue weighted by molar-refractivity contribution is 8.25. The second kappa shape index (κ2) is 11.1. The number of methoxy groups -OCH3 is 1. The first-order valence-electron chi connectivity index (χ1n) is 9.24. The van der Waals surface area contributed by atoms with Gasteiger partial charge in [-0.2, -0.15) is 10.6 Å². The summed E-state index contributed by atoms with van der Waals surface area (Å²) in [6.07, 6.45) is 0.0830. The van der Waals surface area contributed by atoms with E-state index in [0.717, 1.165) is 0 Å². The Labute approximate surface area is 191 Å². The third-order valence-corrected chi connectivity index (χ3v) is 6.94. The van der Waals surface area contributed by atoms with Crippen molar-refractivity contribution in [3.63, 3.8) is 0 Å². The van der Waals surface area contributed by atoms with Gasteiger partial charge >= 0.3 is 7.82 Å². The number of hydroxylamine groups is 1. The molecule has 1 aliphatic heterocycles. The van der Waals surface area contributed by atoms with Crippen molar-refractivity contribution in [2.24, 2.45) is 0 Å². The van der Waals surface area contributed by atoms with Gasteiger partial charge in [0.15, 0.2) is 0 Å². The lowest BCUT2D eigenvalue weighted by molar-refractivity contribution is -0.138. The van der Waals surface area contributed by atoms with Crippen molar-refractivity contribution in [1.29, 1.82) is 0 Å². The molecule has 1 saturated heterocycles. The van der Waals surface area contributed by atoms with Crippen molar-refractivity contribution in [1.82, 2.24) is 10.8 Å². The van der Waals surface area contributed by atoms with Gasteiger partial charge in [-0.1, -0.05) is 11.8 Å². The molecule has 1 unspecified atom stereocenters. The fourth-order valence-electron chi connectivity index (χ4n) is 2.99. The summed E-state index contributed by atoms with van der Waals surface area (Å²) in [4.78, 5) is 41.8. The third-order valence-electron chi connectivity index (χ3n) is 4.52. The molecule has 1 aliphatic rings. The maximum Gasteiger partial charge on any atom is 0.469 e. The molecule has 0 aliphatic carbocycles. The molecule has 0 saturated carbocycles. The molecule has 12 nitrogen and oxygen atoms in total. The largest absolute Gasteiger partial charge is 0.469 e. The van der Waals surface area contributed by atoms with Crippen LogP contribution >= 0.6 is 18.4 Å². The molecule has 0 aromatic heterocycles. The van der Waals surface area contributed by atoms with Gasteiger partial charge in [0.1, 0.15) is 11.6 Å². The van der Waals surface area contributed by atoms with E-state index in [9.17, 15) is 23.3 Å². The van der Waals surface area contributed by atoms with Crippen molar-refractivity contribution in [2.75, 3.05) is 25.2 Å². The Kier molecular flexibility index (Phi) is 9.05. The molecule has 1 aromatic rings. The van der Waals surface area contributed by atoms with Gasteiger partial charge in [-0.05, 0) is 36.1 Å². The van der Waals surface area contributed by atoms with Crippen molar-refractivity contribution in [2.45, 2.75) is 18.1 Å². The SMILES string of the molecule is COC1(C(NC(=O)c2ccc(C#CC#CCCOP(=O)(O)O)cc2)C(=O)NO)CS(O)(O)C1. The lowest BCUT2D eigenvalue weighted by atomic mass is 9.95. The Morgan fingerprint density at radius 1 is 1.21 bits per heavy atom. The topological polar surface area (TPSA) is 195 Å². The number of phosphoric acid groups is 1. The van der Waals surface area contributed by atoms with Gasteiger partial charge < -0.3 is 19.8 Å². The maximum absolute atomic E-state index is 12.6. The van der Waals surface area contributed by atoms with Gasteiger partial charge in [-0.25, -0.2) is 10.0 Å². The standard InChI is InChI=1S/C19H23N2O10PS/c1-30-19(12-33(28,29)13-19)16(18(23)21-24)20-17(22)15-9-7-14(8-10-15)6-4-2-3-5-11-31-32(25,26)27/h7-10,16,24,28-29H,5,11-13H2,1H3,(H,20,22)(H,21,23)(H2,25,26,27). The predicted octanol–water partition coefficient (Wildman–Crippen LogP) is 0.294. The number of nitrogens with one attached hydrogen (secondary N) is 2. The minimum Gasteiger partial charge on any atom is -0.372 e. The number of benzene rings is 1. The number of phosphoric ester groups is 1. The van der Waals surface area contributed by atoms with Crippen LogP contribution in [0.5, 0.6) is 0 Å². The van der Waals surface area contributed by atoms with Crippen LogP contribution in [-0.2, 0) is 18.6 Å². The zero-order valence-corrected chi connectivity index (χ0v) is 19.1. The monoisotopic (exact) mass is 502 g/mol. The molecule has 2 amide bonds. The summed E-state index contributed by atoms with van der Waals surface area (Å²) in [7, 11) is -6.17. The zero-order chi connectivity index (χ0) is 24.7. The Hall–Kier alpha value is -2.42. The highest BCUT2D eigenvalue weighted by atomic mass is 32.3. The summed E-state index contributed by atoms with van der Waals surface area (Å²) in [6, 6.07) is 4.59. The maximum atomic E-state index is 12.6. The van der Waals surface area contributed by atoms with E-state index in [1.54, 1.807) is 0 Å². The molecule has 1 atom stereocenters. The van der Waals surface area contributed by atoms with E-state index in [2.05, 4.69) is 33.5 Å². The van der Waals surface area contributed by atoms with Gasteiger partial charge in [0, 0.05) is 24.7 Å². The summed E-state index contributed by atoms with van der Waals surface area (Å²) < 4.78 is 39.5. The van der Waals surface area contributed by atoms with Crippen LogP contribution in [0.15, 0.2) is 24.3 Å². The molecule has 0 bridgehead atoms. The minimum absolute atomic E-state index is 0.0830. The number of rotatable bonds is 8. The summed E-state index contributed by atoms with van der Waals surface area (Å²) in [6.45, 7) is -0.235. The van der Waals surface area contributed by atoms with E-state index in [1.165, 1.54) is 36.9 Å². The molecule has 33 heavy (non-hydrogen) atoms. The van der Waals surface area contributed by atoms with Crippen LogP contribution in [-0.4, -0.2) is 72.8 Å². The molecule has 0 spiro atoms. The fourth-order valence-corrected chi connectivity index (χ4v) is 5.37. The third kappa shape index (κ3) is 7.84. The van der Waals surface area contributed by atoms with E-state index in [1.807, 2.05) is 0 Å². The average Bonchev–Trinajstić information content (AvgIpc) is 2.73. The van der Waals surface area contributed by atoms with Crippen molar-refractivity contribution in [3.8, 4) is 23.7 Å². The second-order valence-corrected chi connectivity index (χ2v) is 10.4. The summed E-state index contributed by atoms with van der Waals surface area (Å²) >= 11 is 0. The molecular weight excluding hydrogens is 479 g/mol. The Morgan fingerprint density at radius 3 is 2.36 bits per heavy atom. The van der Waals surface area contributed by atoms with Crippen molar-refractivity contribution in [3.05, 3.63) is 35.4 Å². The smallest absolute Gasteiger partial charge is 0.372 e. The van der Waals surface area contributed by atoms with E-state index in [4.69, 9.17) is 19.7 Å². The number of amides is 2. The van der Waals surface area contributed by atoms with Crippen LogP contribution in [0.3, 0.4) is 0 Å². The molecular formula is C19H23N2O10PS. The lowest BCUT2D eigenvalue weighted by Gasteiger charge is -2.56. The van der Waals surface area contributed by atoms with Gasteiger partial charge in [0.05, 0.1) is 18.1 Å². The first-order chi connectivity index (χ1) is 15.4. The number of hydrogen-bond acceptors (Lipinski definition) is 8. The van der Waals surface area contributed by atoms with E-state index < -0.39 is 41.9 Å². The van der Waals surface area contributed by atoms with Gasteiger partial charge in [0.2, 0.25) is 0 Å².